The van der Waals surface area contributed by atoms with E-state index in [1.807, 2.05) is 4.90 Å². The highest BCUT2D eigenvalue weighted by molar-refractivity contribution is 5.76. The molecule has 0 aromatic carbocycles. The summed E-state index contributed by atoms with van der Waals surface area (Å²) in [6.45, 7) is 14.6. The van der Waals surface area contributed by atoms with Crippen molar-refractivity contribution in [3.05, 3.63) is 31.3 Å². The molecular formula is C45H87N13O18. The molecule has 0 radical (unpaired) electrons. The summed E-state index contributed by atoms with van der Waals surface area (Å²) >= 11 is 0. The second kappa shape index (κ2) is 63.2. The zero-order valence-corrected chi connectivity index (χ0v) is 44.5. The maximum absolute atomic E-state index is 12.5. The first kappa shape index (κ1) is 71.7. The van der Waals surface area contributed by atoms with Gasteiger partial charge in [0.2, 0.25) is 17.7 Å². The van der Waals surface area contributed by atoms with Crippen molar-refractivity contribution in [3.63, 3.8) is 0 Å². The van der Waals surface area contributed by atoms with Crippen LogP contribution in [0.15, 0.2) is 15.3 Å². The van der Waals surface area contributed by atoms with Crippen LogP contribution in [-0.4, -0.2) is 280 Å². The van der Waals surface area contributed by atoms with Gasteiger partial charge in [-0.25, -0.2) is 0 Å². The third-order valence-electron chi connectivity index (χ3n) is 9.33. The minimum Gasteiger partial charge on any atom is -0.379 e. The van der Waals surface area contributed by atoms with Gasteiger partial charge < -0.3 is 87.0 Å². The highest BCUT2D eigenvalue weighted by Crippen LogP contribution is 1.93. The van der Waals surface area contributed by atoms with Crippen molar-refractivity contribution in [1.29, 1.82) is 0 Å². The Balaban J connectivity index is 4.27. The third kappa shape index (κ3) is 60.6. The zero-order chi connectivity index (χ0) is 55.0. The standard InChI is InChI=1S/C45H87N13O18/c46-55-52-7-16-65-22-28-71-34-40-74-37-31-68-25-19-62-13-1-43(59)49-4-10-58(11-5-50-44(60)2-14-63-20-26-69-32-38-75-41-35-72-29-23-66-17-8-53-56-47)12-6-51-45(61)3-15-64-21-27-70-33-39-76-42-36-73-30-24-67-18-9-54-57-48/h1-42H2,(H,49,59)(H,50,60)(H,51,61). The van der Waals surface area contributed by atoms with Crippen molar-refractivity contribution in [2.45, 2.75) is 19.3 Å². The van der Waals surface area contributed by atoms with Gasteiger partial charge in [-0.05, 0) is 16.6 Å². The lowest BCUT2D eigenvalue weighted by molar-refractivity contribution is -0.123. The minimum absolute atomic E-state index is 0.169. The maximum atomic E-state index is 12.5. The van der Waals surface area contributed by atoms with Gasteiger partial charge in [0.25, 0.3) is 0 Å². The fraction of sp³-hybridized carbons (Fsp3) is 0.933. The van der Waals surface area contributed by atoms with E-state index in [2.05, 4.69) is 46.0 Å². The van der Waals surface area contributed by atoms with Crippen molar-refractivity contribution in [3.8, 4) is 0 Å². The summed E-state index contributed by atoms with van der Waals surface area (Å²) in [5.74, 6) is -0.506. The van der Waals surface area contributed by atoms with E-state index in [-0.39, 0.29) is 76.4 Å². The van der Waals surface area contributed by atoms with Crippen LogP contribution in [0.5, 0.6) is 0 Å². The zero-order valence-electron chi connectivity index (χ0n) is 44.5. The molecule has 0 saturated carbocycles. The van der Waals surface area contributed by atoms with Crippen LogP contribution in [0.25, 0.3) is 31.3 Å². The molecule has 0 unspecified atom stereocenters. The molecule has 0 aliphatic carbocycles. The Kier molecular flexibility index (Phi) is 59.7. The van der Waals surface area contributed by atoms with Crippen LogP contribution in [0.1, 0.15) is 19.3 Å². The van der Waals surface area contributed by atoms with Crippen LogP contribution in [0.2, 0.25) is 0 Å². The Morgan fingerprint density at radius 3 is 0.645 bits per heavy atom. The molecule has 3 N–H and O–H groups in total. The van der Waals surface area contributed by atoms with Gasteiger partial charge in [-0.15, -0.1) is 0 Å². The van der Waals surface area contributed by atoms with Gasteiger partial charge in [0.15, 0.2) is 0 Å². The number of azide groups is 3. The third-order valence-corrected chi connectivity index (χ3v) is 9.33. The Hall–Kier alpha value is -4.30. The molecule has 0 rings (SSSR count). The van der Waals surface area contributed by atoms with Gasteiger partial charge >= 0.3 is 0 Å². The van der Waals surface area contributed by atoms with Crippen LogP contribution in [-0.2, 0) is 85.4 Å². The van der Waals surface area contributed by atoms with Gasteiger partial charge in [0.1, 0.15) is 0 Å². The Labute approximate surface area is 446 Å². The SMILES string of the molecule is [N-]=[N+]=NCCOCCOCCOCCOCCOCCC(=O)NCCN(CCNC(=O)CCOCCOCCOCCOCCOCCN=[N+]=[N-])CCNC(=O)CCOCCOCCOCCOCCOCCN=[N+]=[N-]. The van der Waals surface area contributed by atoms with Crippen molar-refractivity contribution >= 4 is 17.7 Å². The first-order valence-electron chi connectivity index (χ1n) is 25.7. The summed E-state index contributed by atoms with van der Waals surface area (Å²) in [5.41, 5.74) is 24.6. The number of hydrogen-bond acceptors (Lipinski definition) is 22. The van der Waals surface area contributed by atoms with E-state index < -0.39 is 0 Å². The first-order chi connectivity index (χ1) is 37.5. The molecule has 0 spiro atoms. The number of carbonyl (C=O) groups is 3. The number of amides is 3. The summed E-state index contributed by atoms with van der Waals surface area (Å²) < 4.78 is 81.4. The molecule has 0 aromatic rings. The molecule has 0 fully saturated rings. The van der Waals surface area contributed by atoms with E-state index in [1.54, 1.807) is 0 Å². The fourth-order valence-corrected chi connectivity index (χ4v) is 5.55. The highest BCUT2D eigenvalue weighted by atomic mass is 16.6. The van der Waals surface area contributed by atoms with Gasteiger partial charge in [-0.2, -0.15) is 0 Å². The smallest absolute Gasteiger partial charge is 0.222 e. The van der Waals surface area contributed by atoms with E-state index in [0.717, 1.165) is 0 Å². The number of hydrogen-bond donors (Lipinski definition) is 3. The van der Waals surface area contributed by atoms with Crippen LogP contribution < -0.4 is 16.0 Å². The van der Waals surface area contributed by atoms with Crippen LogP contribution in [0.4, 0.5) is 0 Å². The van der Waals surface area contributed by atoms with Crippen molar-refractivity contribution in [1.82, 2.24) is 20.9 Å². The summed E-state index contributed by atoms with van der Waals surface area (Å²) in [7, 11) is 0. The number of nitrogens with zero attached hydrogens (tertiary/aromatic N) is 10. The van der Waals surface area contributed by atoms with Crippen molar-refractivity contribution in [2.24, 2.45) is 15.3 Å². The van der Waals surface area contributed by atoms with E-state index in [0.29, 0.717) is 218 Å². The molecule has 31 heteroatoms. The molecule has 0 heterocycles. The van der Waals surface area contributed by atoms with Crippen molar-refractivity contribution < 1.29 is 85.4 Å². The number of carbonyl (C=O) groups excluding carboxylic acids is 3. The monoisotopic (exact) mass is 1100 g/mol. The number of nitrogens with one attached hydrogen (secondary N) is 3. The average Bonchev–Trinajstić information content (AvgIpc) is 3.41. The molecule has 440 valence electrons. The average molecular weight is 1100 g/mol. The Bertz CT molecular complexity index is 1310. The second-order valence-corrected chi connectivity index (χ2v) is 15.2. The molecule has 0 atom stereocenters. The van der Waals surface area contributed by atoms with Gasteiger partial charge in [0, 0.05) is 92.9 Å². The maximum Gasteiger partial charge on any atom is 0.222 e. The van der Waals surface area contributed by atoms with E-state index in [1.165, 1.54) is 0 Å². The van der Waals surface area contributed by atoms with Crippen LogP contribution in [0.3, 0.4) is 0 Å². The molecule has 0 bridgehead atoms. The molecule has 0 saturated heterocycles. The van der Waals surface area contributed by atoms with E-state index in [9.17, 15) is 14.4 Å². The summed E-state index contributed by atoms with van der Waals surface area (Å²) in [6.07, 6.45) is 0.527. The topological polar surface area (TPSA) is 375 Å². The van der Waals surface area contributed by atoms with Gasteiger partial charge in [0.05, 0.1) is 198 Å². The van der Waals surface area contributed by atoms with Crippen molar-refractivity contribution in [2.75, 3.05) is 257 Å². The lowest BCUT2D eigenvalue weighted by Gasteiger charge is -2.23. The lowest BCUT2D eigenvalue weighted by atomic mass is 10.3. The molecular weight excluding hydrogens is 1010 g/mol. The predicted octanol–water partition coefficient (Wildman–Crippen LogP) is 0.987. The second-order valence-electron chi connectivity index (χ2n) is 15.2. The van der Waals surface area contributed by atoms with Gasteiger partial charge in [-0.1, -0.05) is 15.3 Å². The van der Waals surface area contributed by atoms with Crippen LogP contribution in [0, 0.1) is 0 Å². The fourth-order valence-electron chi connectivity index (χ4n) is 5.55. The Morgan fingerprint density at radius 1 is 0.289 bits per heavy atom. The highest BCUT2D eigenvalue weighted by Gasteiger charge is 2.10. The lowest BCUT2D eigenvalue weighted by Crippen LogP contribution is -2.43. The summed E-state index contributed by atoms with van der Waals surface area (Å²) in [5, 5.41) is 18.8. The van der Waals surface area contributed by atoms with E-state index >= 15 is 0 Å². The normalized spacial score (nSPS) is 11.0. The molecule has 31 nitrogen and oxygen atoms in total. The number of ether oxygens (including phenoxy) is 15. The van der Waals surface area contributed by atoms with Gasteiger partial charge in [-0.3, -0.25) is 19.3 Å². The number of rotatable bonds is 63. The molecule has 0 aliphatic heterocycles. The largest absolute Gasteiger partial charge is 0.379 e. The van der Waals surface area contributed by atoms with Crippen LogP contribution >= 0.6 is 0 Å². The molecule has 0 aliphatic rings. The molecule has 3 amide bonds. The molecule has 76 heavy (non-hydrogen) atoms. The predicted molar refractivity (Wildman–Crippen MR) is 274 cm³/mol. The van der Waals surface area contributed by atoms with E-state index in [4.69, 9.17) is 87.6 Å². The quantitative estimate of drug-likeness (QED) is 0.0331. The summed E-state index contributed by atoms with van der Waals surface area (Å²) in [6, 6.07) is 0. The molecule has 0 aromatic heterocycles. The Morgan fingerprint density at radius 2 is 0.461 bits per heavy atom. The minimum atomic E-state index is -0.169. The first-order valence-corrected chi connectivity index (χ1v) is 25.7. The summed E-state index contributed by atoms with van der Waals surface area (Å²) in [4.78, 5) is 47.5.